The van der Waals surface area contributed by atoms with Crippen molar-refractivity contribution < 1.29 is 9.13 Å². The number of morpholine rings is 1. The molecule has 1 N–H and O–H groups in total. The summed E-state index contributed by atoms with van der Waals surface area (Å²) in [6.07, 6.45) is 1.83. The van der Waals surface area contributed by atoms with E-state index in [9.17, 15) is 4.39 Å². The average molecular weight is 235 g/mol. The quantitative estimate of drug-likeness (QED) is 0.745. The molecule has 2 aliphatic rings. The van der Waals surface area contributed by atoms with E-state index in [4.69, 9.17) is 4.74 Å². The van der Waals surface area contributed by atoms with Crippen molar-refractivity contribution in [3.05, 3.63) is 35.1 Å². The number of fused-ring (bicyclic) bond motifs is 2. The molecule has 1 aromatic rings. The molecule has 17 heavy (non-hydrogen) atoms. The Morgan fingerprint density at radius 2 is 2.24 bits per heavy atom. The predicted octanol–water partition coefficient (Wildman–Crippen LogP) is 2.36. The summed E-state index contributed by atoms with van der Waals surface area (Å²) < 4.78 is 19.9. The van der Waals surface area contributed by atoms with Crippen LogP contribution in [0.5, 0.6) is 0 Å². The van der Waals surface area contributed by atoms with Gasteiger partial charge in [0.25, 0.3) is 0 Å². The third-order valence-electron chi connectivity index (χ3n) is 4.21. The molecule has 1 aliphatic heterocycles. The van der Waals surface area contributed by atoms with Gasteiger partial charge in [-0.1, -0.05) is 12.1 Å². The number of benzene rings is 1. The van der Waals surface area contributed by atoms with Gasteiger partial charge in [0.05, 0.1) is 6.10 Å². The van der Waals surface area contributed by atoms with Crippen LogP contribution in [-0.4, -0.2) is 18.7 Å². The van der Waals surface area contributed by atoms with Crippen LogP contribution in [0.4, 0.5) is 4.39 Å². The highest BCUT2D eigenvalue weighted by atomic mass is 19.1. The van der Waals surface area contributed by atoms with Crippen LogP contribution in [0.3, 0.4) is 0 Å². The Hall–Kier alpha value is -0.930. The SMILES string of the molecule is CC1NCC2(CCc3c(F)cccc32)OC1C. The fourth-order valence-corrected chi connectivity index (χ4v) is 3.00. The molecule has 3 unspecified atom stereocenters. The molecule has 2 nitrogen and oxygen atoms in total. The van der Waals surface area contributed by atoms with Gasteiger partial charge in [0, 0.05) is 12.6 Å². The Balaban J connectivity index is 2.00. The van der Waals surface area contributed by atoms with Crippen molar-refractivity contribution in [2.24, 2.45) is 0 Å². The summed E-state index contributed by atoms with van der Waals surface area (Å²) in [6, 6.07) is 5.70. The Bertz CT molecular complexity index is 448. The Morgan fingerprint density at radius 3 is 3.00 bits per heavy atom. The number of nitrogens with one attached hydrogen (secondary N) is 1. The minimum atomic E-state index is -0.302. The second-order valence-corrected chi connectivity index (χ2v) is 5.25. The summed E-state index contributed by atoms with van der Waals surface area (Å²) in [4.78, 5) is 0. The van der Waals surface area contributed by atoms with E-state index in [0.29, 0.717) is 6.04 Å². The van der Waals surface area contributed by atoms with Gasteiger partial charge in [0.2, 0.25) is 0 Å². The lowest BCUT2D eigenvalue weighted by Crippen LogP contribution is -2.54. The summed E-state index contributed by atoms with van der Waals surface area (Å²) >= 11 is 0. The molecule has 0 aromatic heterocycles. The van der Waals surface area contributed by atoms with E-state index in [1.807, 2.05) is 6.07 Å². The van der Waals surface area contributed by atoms with Crippen LogP contribution >= 0.6 is 0 Å². The molecular formula is C14H18FNO. The molecule has 1 aromatic carbocycles. The van der Waals surface area contributed by atoms with Crippen LogP contribution in [0.1, 0.15) is 31.4 Å². The van der Waals surface area contributed by atoms with E-state index in [1.54, 1.807) is 12.1 Å². The normalized spacial score (nSPS) is 36.2. The maximum absolute atomic E-state index is 13.7. The van der Waals surface area contributed by atoms with Crippen LogP contribution in [0.15, 0.2) is 18.2 Å². The van der Waals surface area contributed by atoms with Gasteiger partial charge in [-0.25, -0.2) is 4.39 Å². The third kappa shape index (κ3) is 1.60. The fourth-order valence-electron chi connectivity index (χ4n) is 3.00. The molecule has 1 fully saturated rings. The van der Waals surface area contributed by atoms with Gasteiger partial charge in [-0.2, -0.15) is 0 Å². The van der Waals surface area contributed by atoms with Gasteiger partial charge in [-0.05, 0) is 43.9 Å². The first-order chi connectivity index (χ1) is 8.12. The summed E-state index contributed by atoms with van der Waals surface area (Å²) in [5.41, 5.74) is 1.59. The summed E-state index contributed by atoms with van der Waals surface area (Å²) in [7, 11) is 0. The van der Waals surface area contributed by atoms with Gasteiger partial charge in [0.15, 0.2) is 0 Å². The average Bonchev–Trinajstić information content (AvgIpc) is 2.66. The van der Waals surface area contributed by atoms with E-state index >= 15 is 0 Å². The van der Waals surface area contributed by atoms with E-state index < -0.39 is 0 Å². The molecule has 1 saturated heterocycles. The molecule has 1 spiro atoms. The van der Waals surface area contributed by atoms with Gasteiger partial charge in [-0.3, -0.25) is 0 Å². The van der Waals surface area contributed by atoms with Crippen LogP contribution in [0.25, 0.3) is 0 Å². The van der Waals surface area contributed by atoms with Crippen molar-refractivity contribution in [1.29, 1.82) is 0 Å². The molecule has 3 rings (SSSR count). The van der Waals surface area contributed by atoms with Crippen molar-refractivity contribution >= 4 is 0 Å². The van der Waals surface area contributed by atoms with Gasteiger partial charge < -0.3 is 10.1 Å². The smallest absolute Gasteiger partial charge is 0.126 e. The van der Waals surface area contributed by atoms with E-state index in [1.165, 1.54) is 0 Å². The highest BCUT2D eigenvalue weighted by molar-refractivity contribution is 5.39. The highest BCUT2D eigenvalue weighted by Crippen LogP contribution is 2.43. The minimum absolute atomic E-state index is 0.0887. The molecule has 3 heteroatoms. The molecule has 0 saturated carbocycles. The summed E-state index contributed by atoms with van der Waals surface area (Å²) in [6.45, 7) is 4.99. The Kier molecular flexibility index (Phi) is 2.49. The molecule has 1 aliphatic carbocycles. The molecule has 1 heterocycles. The molecule has 92 valence electrons. The minimum Gasteiger partial charge on any atom is -0.364 e. The standard InChI is InChI=1S/C14H18FNO/c1-9-10(2)17-14(8-16-9)7-6-11-12(14)4-3-5-13(11)15/h3-5,9-10,16H,6-8H2,1-2H3. The number of hydrogen-bond donors (Lipinski definition) is 1. The second kappa shape index (κ2) is 3.79. The van der Waals surface area contributed by atoms with E-state index in [-0.39, 0.29) is 17.5 Å². The molecular weight excluding hydrogens is 217 g/mol. The van der Waals surface area contributed by atoms with Crippen molar-refractivity contribution in [3.63, 3.8) is 0 Å². The van der Waals surface area contributed by atoms with Crippen molar-refractivity contribution in [2.45, 2.75) is 44.4 Å². The van der Waals surface area contributed by atoms with E-state index in [0.717, 1.165) is 30.5 Å². The number of rotatable bonds is 0. The van der Waals surface area contributed by atoms with Crippen molar-refractivity contribution in [1.82, 2.24) is 5.32 Å². The monoisotopic (exact) mass is 235 g/mol. The zero-order valence-corrected chi connectivity index (χ0v) is 10.3. The van der Waals surface area contributed by atoms with E-state index in [2.05, 4.69) is 19.2 Å². The maximum atomic E-state index is 13.7. The lowest BCUT2D eigenvalue weighted by atomic mass is 9.92. The molecule has 3 atom stereocenters. The van der Waals surface area contributed by atoms with Gasteiger partial charge in [0.1, 0.15) is 11.4 Å². The molecule has 0 amide bonds. The Morgan fingerprint density at radius 1 is 1.41 bits per heavy atom. The fraction of sp³-hybridized carbons (Fsp3) is 0.571. The lowest BCUT2D eigenvalue weighted by Gasteiger charge is -2.42. The number of halogens is 1. The zero-order valence-electron chi connectivity index (χ0n) is 10.3. The van der Waals surface area contributed by atoms with Crippen molar-refractivity contribution in [2.75, 3.05) is 6.54 Å². The van der Waals surface area contributed by atoms with Crippen LogP contribution < -0.4 is 5.32 Å². The largest absolute Gasteiger partial charge is 0.364 e. The summed E-state index contributed by atoms with van der Waals surface area (Å²) in [5.74, 6) is -0.0887. The number of hydrogen-bond acceptors (Lipinski definition) is 2. The molecule has 0 bridgehead atoms. The lowest BCUT2D eigenvalue weighted by molar-refractivity contribution is -0.129. The van der Waals surface area contributed by atoms with Crippen LogP contribution in [-0.2, 0) is 16.8 Å². The Labute approximate surface area is 101 Å². The third-order valence-corrected chi connectivity index (χ3v) is 4.21. The van der Waals surface area contributed by atoms with Gasteiger partial charge >= 0.3 is 0 Å². The maximum Gasteiger partial charge on any atom is 0.126 e. The second-order valence-electron chi connectivity index (χ2n) is 5.25. The zero-order chi connectivity index (χ0) is 12.0. The predicted molar refractivity (Wildman–Crippen MR) is 64.4 cm³/mol. The first-order valence-corrected chi connectivity index (χ1v) is 6.31. The highest BCUT2D eigenvalue weighted by Gasteiger charge is 2.45. The van der Waals surface area contributed by atoms with Crippen LogP contribution in [0.2, 0.25) is 0 Å². The first-order valence-electron chi connectivity index (χ1n) is 6.31. The topological polar surface area (TPSA) is 21.3 Å². The van der Waals surface area contributed by atoms with Crippen LogP contribution in [0, 0.1) is 5.82 Å². The van der Waals surface area contributed by atoms with Gasteiger partial charge in [-0.15, -0.1) is 0 Å². The van der Waals surface area contributed by atoms with Crippen molar-refractivity contribution in [3.8, 4) is 0 Å². The molecule has 0 radical (unpaired) electrons. The number of ether oxygens (including phenoxy) is 1. The first kappa shape index (κ1) is 11.2. The summed E-state index contributed by atoms with van der Waals surface area (Å²) in [5, 5.41) is 3.48.